The summed E-state index contributed by atoms with van der Waals surface area (Å²) < 4.78 is 33.5. The van der Waals surface area contributed by atoms with E-state index in [-0.39, 0.29) is 102 Å². The Labute approximate surface area is 648 Å². The van der Waals surface area contributed by atoms with Crippen molar-refractivity contribution in [3.8, 4) is 0 Å². The molecule has 620 valence electrons. The lowest BCUT2D eigenvalue weighted by molar-refractivity contribution is -0.151. The second kappa shape index (κ2) is 77.4. The summed E-state index contributed by atoms with van der Waals surface area (Å²) in [5, 5.41) is 5.12. The van der Waals surface area contributed by atoms with Gasteiger partial charge >= 0.3 is 35.8 Å². The lowest BCUT2D eigenvalue weighted by Gasteiger charge is -2.29. The Morgan fingerprint density at radius 2 is 0.387 bits per heavy atom. The van der Waals surface area contributed by atoms with Crippen molar-refractivity contribution in [1.29, 1.82) is 0 Å². The molecular weight excluding hydrogens is 1340 g/mol. The highest BCUT2D eigenvalue weighted by molar-refractivity contribution is 6.00. The molecule has 1 aliphatic heterocycles. The largest absolute Gasteiger partial charge is 0.466 e. The predicted molar refractivity (Wildman–Crippen MR) is 431 cm³/mol. The van der Waals surface area contributed by atoms with E-state index in [2.05, 4.69) is 38.3 Å². The zero-order chi connectivity index (χ0) is 76.9. The van der Waals surface area contributed by atoms with Gasteiger partial charge in [0.1, 0.15) is 25.3 Å². The Hall–Kier alpha value is -4.32. The summed E-state index contributed by atoms with van der Waals surface area (Å²) >= 11 is 0. The third-order valence-corrected chi connectivity index (χ3v) is 20.9. The summed E-state index contributed by atoms with van der Waals surface area (Å²) in [5.74, 6) is -4.12. The number of hydrogen-bond donors (Lipinski definition) is 2. The number of amides is 2. The monoisotopic (exact) mass is 1500 g/mol. The van der Waals surface area contributed by atoms with Crippen molar-refractivity contribution in [2.75, 3.05) is 78.9 Å². The molecule has 1 fully saturated rings. The van der Waals surface area contributed by atoms with Gasteiger partial charge in [0.15, 0.2) is 0 Å². The summed E-state index contributed by atoms with van der Waals surface area (Å²) in [6, 6.07) is -2.48. The molecule has 106 heavy (non-hydrogen) atoms. The van der Waals surface area contributed by atoms with Crippen molar-refractivity contribution < 1.29 is 66.8 Å². The topological polar surface area (TPSA) is 222 Å². The Balaban J connectivity index is 2.67. The van der Waals surface area contributed by atoms with Crippen molar-refractivity contribution in [1.82, 2.24) is 20.4 Å². The first-order valence-corrected chi connectivity index (χ1v) is 44.9. The van der Waals surface area contributed by atoms with Crippen LogP contribution in [0.2, 0.25) is 0 Å². The number of hydrogen-bond acceptors (Lipinski definition) is 16. The summed E-state index contributed by atoms with van der Waals surface area (Å²) in [7, 11) is 0. The van der Waals surface area contributed by atoms with Crippen molar-refractivity contribution in [2.24, 2.45) is 0 Å². The van der Waals surface area contributed by atoms with Gasteiger partial charge in [-0.25, -0.2) is 0 Å². The molecule has 2 N–H and O–H groups in total. The SMILES string of the molecule is CCCCCCCCCCCCCCCCOC(=O)CCN(CCOC(=O)CC1NC(=O)C(CC(=O)OCCN(CCC(=O)OCCCCCCCCCCCCCCCC)CCC(=O)OCCCCCCCCCCCCCCCC)NC1=O)CCC(=O)OCCCCCCCCCCCCCCCC. The van der Waals surface area contributed by atoms with Crippen LogP contribution in [0.5, 0.6) is 0 Å². The highest BCUT2D eigenvalue weighted by atomic mass is 16.6. The third-order valence-electron chi connectivity index (χ3n) is 20.9. The van der Waals surface area contributed by atoms with E-state index in [4.69, 9.17) is 28.4 Å². The molecule has 0 aromatic carbocycles. The van der Waals surface area contributed by atoms with Crippen molar-refractivity contribution >= 4 is 47.6 Å². The van der Waals surface area contributed by atoms with Crippen LogP contribution in [0.25, 0.3) is 0 Å². The fourth-order valence-corrected chi connectivity index (χ4v) is 13.9. The predicted octanol–water partition coefficient (Wildman–Crippen LogP) is 21.1. The molecule has 2 unspecified atom stereocenters. The van der Waals surface area contributed by atoms with E-state index in [9.17, 15) is 38.4 Å². The van der Waals surface area contributed by atoms with Gasteiger partial charge in [0.25, 0.3) is 0 Å². The number of rotatable bonds is 82. The van der Waals surface area contributed by atoms with E-state index >= 15 is 0 Å². The van der Waals surface area contributed by atoms with Crippen molar-refractivity contribution in [3.05, 3.63) is 0 Å². The zero-order valence-corrected chi connectivity index (χ0v) is 69.1. The minimum absolute atomic E-state index is 0.0946. The van der Waals surface area contributed by atoms with Gasteiger partial charge in [-0.2, -0.15) is 0 Å². The van der Waals surface area contributed by atoms with Gasteiger partial charge in [-0.15, -0.1) is 0 Å². The highest BCUT2D eigenvalue weighted by Gasteiger charge is 2.37. The molecule has 0 saturated carbocycles. The van der Waals surface area contributed by atoms with Crippen LogP contribution in [0.1, 0.15) is 426 Å². The van der Waals surface area contributed by atoms with Crippen LogP contribution < -0.4 is 10.6 Å². The maximum atomic E-state index is 13.3. The van der Waals surface area contributed by atoms with E-state index < -0.39 is 48.7 Å². The number of carbonyl (C=O) groups is 8. The minimum Gasteiger partial charge on any atom is -0.466 e. The molecule has 18 heteroatoms. The molecule has 0 bridgehead atoms. The average molecular weight is 1500 g/mol. The molecule has 1 aliphatic rings. The van der Waals surface area contributed by atoms with Crippen LogP contribution in [0.4, 0.5) is 0 Å². The number of unbranched alkanes of at least 4 members (excludes halogenated alkanes) is 52. The number of nitrogens with zero attached hydrogens (tertiary/aromatic N) is 2. The van der Waals surface area contributed by atoms with Gasteiger partial charge in [0, 0.05) is 39.3 Å². The minimum atomic E-state index is -1.24. The van der Waals surface area contributed by atoms with Crippen LogP contribution in [-0.4, -0.2) is 148 Å². The molecule has 18 nitrogen and oxygen atoms in total. The number of carbonyl (C=O) groups excluding carboxylic acids is 8. The maximum absolute atomic E-state index is 13.3. The van der Waals surface area contributed by atoms with E-state index in [0.29, 0.717) is 26.4 Å². The molecule has 2 atom stereocenters. The van der Waals surface area contributed by atoms with Crippen LogP contribution in [0.3, 0.4) is 0 Å². The normalized spacial score (nSPS) is 13.6. The maximum Gasteiger partial charge on any atom is 0.308 e. The fourth-order valence-electron chi connectivity index (χ4n) is 13.9. The summed E-state index contributed by atoms with van der Waals surface area (Å²) in [5.41, 5.74) is 0. The molecule has 1 rings (SSSR count). The van der Waals surface area contributed by atoms with Gasteiger partial charge in [-0.3, -0.25) is 48.2 Å². The Kier molecular flexibility index (Phi) is 72.8. The van der Waals surface area contributed by atoms with Crippen LogP contribution in [0, 0.1) is 0 Å². The van der Waals surface area contributed by atoms with Crippen LogP contribution in [-0.2, 0) is 66.8 Å². The zero-order valence-electron chi connectivity index (χ0n) is 69.1. The fraction of sp³-hybridized carbons (Fsp3) is 0.909. The van der Waals surface area contributed by atoms with Gasteiger partial charge in [0.2, 0.25) is 11.8 Å². The smallest absolute Gasteiger partial charge is 0.308 e. The molecule has 0 spiro atoms. The number of piperazine rings is 1. The number of esters is 6. The summed E-state index contributed by atoms with van der Waals surface area (Å²) in [6.07, 6.45) is 69.0. The summed E-state index contributed by atoms with van der Waals surface area (Å²) in [4.78, 5) is 108. The lowest BCUT2D eigenvalue weighted by atomic mass is 10.0. The quantitative estimate of drug-likeness (QED) is 0.0328. The molecule has 0 aliphatic carbocycles. The van der Waals surface area contributed by atoms with Crippen LogP contribution >= 0.6 is 0 Å². The van der Waals surface area contributed by atoms with Crippen molar-refractivity contribution in [2.45, 2.75) is 438 Å². The highest BCUT2D eigenvalue weighted by Crippen LogP contribution is 2.19. The standard InChI is InChI=1S/C88H164N4O14/c1-5-9-13-17-21-25-29-33-37-41-45-49-53-57-71-101-81(93)61-65-91(66-62-82(94)102-72-58-54-50-46-42-38-34-30-26-22-18-14-10-6-2)69-75-105-85(97)77-79-87(99)90-80(88(100)89-79)78-86(98)106-76-70-92(67-63-83(95)103-73-59-55-51-47-43-39-35-31-27-23-19-15-11-7-3)68-64-84(96)104-74-60-56-52-48-44-40-36-32-28-24-20-16-12-8-4/h79-80H,5-78H2,1-4H3,(H,89,100)(H,90,99). The first-order valence-electron chi connectivity index (χ1n) is 44.9. The molecule has 1 saturated heterocycles. The molecule has 0 aromatic heterocycles. The first-order chi connectivity index (χ1) is 51.9. The van der Waals surface area contributed by atoms with Crippen LogP contribution in [0.15, 0.2) is 0 Å². The Bertz CT molecular complexity index is 1840. The molecule has 0 radical (unpaired) electrons. The molecule has 1 heterocycles. The number of ether oxygens (including phenoxy) is 6. The van der Waals surface area contributed by atoms with Gasteiger partial charge in [-0.05, 0) is 25.7 Å². The van der Waals surface area contributed by atoms with E-state index in [1.54, 1.807) is 0 Å². The first kappa shape index (κ1) is 99.7. The third kappa shape index (κ3) is 67.8. The Morgan fingerprint density at radius 1 is 0.226 bits per heavy atom. The van der Waals surface area contributed by atoms with Gasteiger partial charge < -0.3 is 39.1 Å². The molecule has 0 aromatic rings. The van der Waals surface area contributed by atoms with Gasteiger partial charge in [-0.1, -0.05) is 362 Å². The molecular formula is C88H164N4O14. The Morgan fingerprint density at radius 3 is 0.566 bits per heavy atom. The second-order valence-corrected chi connectivity index (χ2v) is 30.9. The average Bonchev–Trinajstić information content (AvgIpc) is 0.838. The van der Waals surface area contributed by atoms with E-state index in [1.807, 2.05) is 9.80 Å². The van der Waals surface area contributed by atoms with Crippen molar-refractivity contribution in [3.63, 3.8) is 0 Å². The van der Waals surface area contributed by atoms with E-state index in [1.165, 1.54) is 283 Å². The summed E-state index contributed by atoms with van der Waals surface area (Å²) in [6.45, 7) is 11.8. The lowest BCUT2D eigenvalue weighted by Crippen LogP contribution is -2.62. The number of nitrogens with one attached hydrogen (secondary N) is 2. The second-order valence-electron chi connectivity index (χ2n) is 30.9. The van der Waals surface area contributed by atoms with E-state index in [0.717, 1.165) is 77.0 Å². The van der Waals surface area contributed by atoms with Gasteiger partial charge in [0.05, 0.1) is 65.0 Å². The molecule has 2 amide bonds.